The van der Waals surface area contributed by atoms with Crippen LogP contribution in [0.1, 0.15) is 0 Å². The predicted molar refractivity (Wildman–Crippen MR) is 109 cm³/mol. The Morgan fingerprint density at radius 2 is 2.00 bits per heavy atom. The van der Waals surface area contributed by atoms with Gasteiger partial charge < -0.3 is 9.73 Å². The van der Waals surface area contributed by atoms with Crippen molar-refractivity contribution in [2.45, 2.75) is 5.22 Å². The third-order valence-corrected chi connectivity index (χ3v) is 5.34. The van der Waals surface area contributed by atoms with Gasteiger partial charge in [0.25, 0.3) is 11.1 Å². The maximum Gasteiger partial charge on any atom is 0.277 e. The molecule has 0 unspecified atom stereocenters. The monoisotopic (exact) mass is 429 g/mol. The number of pyridine rings is 1. The number of thioether (sulfide) groups is 1. The normalized spacial score (nSPS) is 10.8. The zero-order chi connectivity index (χ0) is 19.3. The molecule has 3 aromatic heterocycles. The number of nitrogens with zero attached hydrogens (tertiary/aromatic N) is 4. The van der Waals surface area contributed by atoms with Gasteiger partial charge in [-0.2, -0.15) is 0 Å². The maximum atomic E-state index is 12.2. The average Bonchev–Trinajstić information content (AvgIpc) is 3.37. The van der Waals surface area contributed by atoms with Crippen LogP contribution >= 0.6 is 34.7 Å². The molecule has 0 spiro atoms. The summed E-state index contributed by atoms with van der Waals surface area (Å²) < 4.78 is 5.52. The number of halogens is 1. The van der Waals surface area contributed by atoms with Gasteiger partial charge in [-0.3, -0.25) is 9.78 Å². The molecule has 10 heteroatoms. The van der Waals surface area contributed by atoms with Gasteiger partial charge in [0, 0.05) is 22.2 Å². The van der Waals surface area contributed by atoms with Crippen LogP contribution < -0.4 is 5.32 Å². The second-order valence-corrected chi connectivity index (χ2v) is 7.69. The molecule has 1 amide bonds. The zero-order valence-electron chi connectivity index (χ0n) is 14.2. The van der Waals surface area contributed by atoms with Gasteiger partial charge in [0.1, 0.15) is 5.69 Å². The molecule has 0 saturated heterocycles. The molecule has 7 nitrogen and oxygen atoms in total. The van der Waals surface area contributed by atoms with Gasteiger partial charge in [-0.1, -0.05) is 41.6 Å². The Morgan fingerprint density at radius 3 is 2.79 bits per heavy atom. The Bertz CT molecular complexity index is 1080. The van der Waals surface area contributed by atoms with Gasteiger partial charge in [-0.05, 0) is 24.3 Å². The third kappa shape index (κ3) is 4.56. The summed E-state index contributed by atoms with van der Waals surface area (Å²) in [5, 5.41) is 14.0. The number of aromatic nitrogens is 4. The third-order valence-electron chi connectivity index (χ3n) is 3.51. The van der Waals surface area contributed by atoms with Crippen molar-refractivity contribution in [1.82, 2.24) is 20.2 Å². The van der Waals surface area contributed by atoms with E-state index in [0.717, 1.165) is 23.0 Å². The van der Waals surface area contributed by atoms with E-state index in [0.29, 0.717) is 27.0 Å². The number of carbonyl (C=O) groups excluding carboxylic acids is 1. The van der Waals surface area contributed by atoms with Crippen molar-refractivity contribution in [2.75, 3.05) is 11.1 Å². The van der Waals surface area contributed by atoms with Crippen molar-refractivity contribution in [3.63, 3.8) is 0 Å². The quantitative estimate of drug-likeness (QED) is 0.446. The number of carbonyl (C=O) groups is 1. The van der Waals surface area contributed by atoms with Gasteiger partial charge in [0.05, 0.1) is 11.4 Å². The topological polar surface area (TPSA) is 93.8 Å². The second-order valence-electron chi connectivity index (χ2n) is 5.47. The first-order chi connectivity index (χ1) is 13.7. The summed E-state index contributed by atoms with van der Waals surface area (Å²) in [5.41, 5.74) is 2.30. The minimum Gasteiger partial charge on any atom is -0.410 e. The molecule has 1 N–H and O–H groups in total. The van der Waals surface area contributed by atoms with Crippen molar-refractivity contribution in [3.05, 3.63) is 59.1 Å². The molecule has 4 rings (SSSR count). The van der Waals surface area contributed by atoms with Crippen LogP contribution in [0.2, 0.25) is 5.02 Å². The second kappa shape index (κ2) is 8.51. The highest BCUT2D eigenvalue weighted by Gasteiger charge is 2.13. The Hall–Kier alpha value is -2.75. The van der Waals surface area contributed by atoms with E-state index in [-0.39, 0.29) is 11.7 Å². The first kappa shape index (κ1) is 18.6. The fraction of sp³-hybridized carbons (Fsp3) is 0.0556. The number of amides is 1. The lowest BCUT2D eigenvalue weighted by Gasteiger charge is -1.99. The maximum absolute atomic E-state index is 12.2. The predicted octanol–water partition coefficient (Wildman–Crippen LogP) is 4.64. The molecule has 0 aliphatic rings. The number of benzene rings is 1. The fourth-order valence-corrected chi connectivity index (χ4v) is 3.65. The minimum atomic E-state index is -0.209. The number of thiazole rings is 1. The lowest BCUT2D eigenvalue weighted by atomic mass is 10.2. The molecule has 140 valence electrons. The summed E-state index contributed by atoms with van der Waals surface area (Å²) in [6, 6.07) is 12.8. The molecule has 0 atom stereocenters. The zero-order valence-corrected chi connectivity index (χ0v) is 16.6. The highest BCUT2D eigenvalue weighted by Crippen LogP contribution is 2.26. The summed E-state index contributed by atoms with van der Waals surface area (Å²) in [7, 11) is 0. The van der Waals surface area contributed by atoms with Crippen LogP contribution in [0.5, 0.6) is 0 Å². The molecular formula is C18H12ClN5O2S2. The molecule has 28 heavy (non-hydrogen) atoms. The van der Waals surface area contributed by atoms with Gasteiger partial charge in [0.2, 0.25) is 5.91 Å². The van der Waals surface area contributed by atoms with Crippen LogP contribution in [0.25, 0.3) is 22.8 Å². The Morgan fingerprint density at radius 1 is 1.14 bits per heavy atom. The molecule has 1 aromatic carbocycles. The SMILES string of the molecule is O=C(CSc1nnc(-c2ccccn2)o1)Nc1nc(-c2ccc(Cl)cc2)cs1. The average molecular weight is 430 g/mol. The van der Waals surface area contributed by atoms with Crippen LogP contribution in [0, 0.1) is 0 Å². The van der Waals surface area contributed by atoms with E-state index in [1.54, 1.807) is 30.5 Å². The van der Waals surface area contributed by atoms with Crippen molar-refractivity contribution >= 4 is 45.7 Å². The number of rotatable bonds is 6. The van der Waals surface area contributed by atoms with Gasteiger partial charge in [0.15, 0.2) is 5.13 Å². The van der Waals surface area contributed by atoms with E-state index >= 15 is 0 Å². The standard InChI is InChI=1S/C18H12ClN5O2S2/c19-12-6-4-11(5-7-12)14-9-27-17(21-14)22-15(25)10-28-18-24-23-16(26-18)13-3-1-2-8-20-13/h1-9H,10H2,(H,21,22,25). The lowest BCUT2D eigenvalue weighted by molar-refractivity contribution is -0.113. The highest BCUT2D eigenvalue weighted by molar-refractivity contribution is 7.99. The summed E-state index contributed by atoms with van der Waals surface area (Å²) in [4.78, 5) is 20.7. The van der Waals surface area contributed by atoms with Crippen molar-refractivity contribution in [2.24, 2.45) is 0 Å². The van der Waals surface area contributed by atoms with E-state index in [4.69, 9.17) is 16.0 Å². The lowest BCUT2D eigenvalue weighted by Crippen LogP contribution is -2.13. The number of anilines is 1. The molecule has 3 heterocycles. The number of hydrogen-bond acceptors (Lipinski definition) is 8. The van der Waals surface area contributed by atoms with Crippen LogP contribution in [0.3, 0.4) is 0 Å². The first-order valence-electron chi connectivity index (χ1n) is 8.06. The van der Waals surface area contributed by atoms with Gasteiger partial charge >= 0.3 is 0 Å². The van der Waals surface area contributed by atoms with E-state index in [9.17, 15) is 4.79 Å². The highest BCUT2D eigenvalue weighted by atomic mass is 35.5. The Kier molecular flexibility index (Phi) is 5.65. The molecule has 0 radical (unpaired) electrons. The van der Waals surface area contributed by atoms with Crippen LogP contribution in [0.15, 0.2) is 63.7 Å². The van der Waals surface area contributed by atoms with E-state index < -0.39 is 0 Å². The first-order valence-corrected chi connectivity index (χ1v) is 10.3. The van der Waals surface area contributed by atoms with Crippen molar-refractivity contribution in [1.29, 1.82) is 0 Å². The van der Waals surface area contributed by atoms with E-state index in [2.05, 4.69) is 25.5 Å². The summed E-state index contributed by atoms with van der Waals surface area (Å²) >= 11 is 8.40. The molecule has 0 fully saturated rings. The fourth-order valence-electron chi connectivity index (χ4n) is 2.23. The smallest absolute Gasteiger partial charge is 0.277 e. The molecule has 0 aliphatic heterocycles. The summed E-state index contributed by atoms with van der Waals surface area (Å²) in [6.07, 6.45) is 1.64. The summed E-state index contributed by atoms with van der Waals surface area (Å²) in [5.74, 6) is 0.232. The largest absolute Gasteiger partial charge is 0.410 e. The Balaban J connectivity index is 1.33. The molecule has 0 saturated carbocycles. The molecular weight excluding hydrogens is 418 g/mol. The van der Waals surface area contributed by atoms with Crippen molar-refractivity contribution < 1.29 is 9.21 Å². The molecule has 0 aliphatic carbocycles. The van der Waals surface area contributed by atoms with Gasteiger partial charge in [-0.25, -0.2) is 4.98 Å². The van der Waals surface area contributed by atoms with Crippen LogP contribution in [-0.4, -0.2) is 31.8 Å². The van der Waals surface area contributed by atoms with Crippen molar-refractivity contribution in [3.8, 4) is 22.8 Å². The molecule has 4 aromatic rings. The number of nitrogens with one attached hydrogen (secondary N) is 1. The van der Waals surface area contributed by atoms with Crippen LogP contribution in [-0.2, 0) is 4.79 Å². The summed E-state index contributed by atoms with van der Waals surface area (Å²) in [6.45, 7) is 0. The molecule has 0 bridgehead atoms. The Labute approximate surface area is 173 Å². The minimum absolute atomic E-state index is 0.125. The number of hydrogen-bond donors (Lipinski definition) is 1. The van der Waals surface area contributed by atoms with Crippen LogP contribution in [0.4, 0.5) is 5.13 Å². The van der Waals surface area contributed by atoms with E-state index in [1.165, 1.54) is 11.3 Å². The van der Waals surface area contributed by atoms with Gasteiger partial charge in [-0.15, -0.1) is 21.5 Å². The van der Waals surface area contributed by atoms with E-state index in [1.807, 2.05) is 23.6 Å².